The number of ether oxygens (including phenoxy) is 2. The van der Waals surface area contributed by atoms with Crippen LogP contribution in [0.25, 0.3) is 31.1 Å². The lowest BCUT2D eigenvalue weighted by Crippen LogP contribution is -2.14. The van der Waals surface area contributed by atoms with Gasteiger partial charge in [0.2, 0.25) is 9.92 Å². The molecule has 10 nitrogen and oxygen atoms in total. The number of hydrogen-bond acceptors (Lipinski definition) is 10. The third-order valence-corrected chi connectivity index (χ3v) is 9.33. The Bertz CT molecular complexity index is 2130. The zero-order chi connectivity index (χ0) is 30.4. The Kier molecular flexibility index (Phi) is 7.45. The summed E-state index contributed by atoms with van der Waals surface area (Å²) >= 11 is 15.6. The second-order valence-corrected chi connectivity index (χ2v) is 13.6. The molecule has 0 amide bonds. The molecule has 0 saturated carbocycles. The van der Waals surface area contributed by atoms with Gasteiger partial charge in [0.05, 0.1) is 10.0 Å². The van der Waals surface area contributed by atoms with E-state index in [0.717, 1.165) is 32.5 Å². The average Bonchev–Trinajstić information content (AvgIpc) is 3.77. The normalized spacial score (nSPS) is 11.9. The Hall–Kier alpha value is -4.10. The van der Waals surface area contributed by atoms with E-state index in [0.29, 0.717) is 37.4 Å². The van der Waals surface area contributed by atoms with Gasteiger partial charge in [-0.25, -0.2) is 0 Å². The molecule has 0 bridgehead atoms. The van der Waals surface area contributed by atoms with Crippen molar-refractivity contribution in [2.45, 2.75) is 39.4 Å². The van der Waals surface area contributed by atoms with E-state index in [4.69, 9.17) is 37.8 Å². The monoisotopic (exact) mass is 662 g/mol. The van der Waals surface area contributed by atoms with Crippen LogP contribution in [0.4, 0.5) is 0 Å². The minimum atomic E-state index is -0.229. The molecular formula is C30H24Cl2N8O2S2. The van der Waals surface area contributed by atoms with Crippen LogP contribution in [0.1, 0.15) is 38.0 Å². The fraction of sp³-hybridized carbons (Fsp3) is 0.200. The van der Waals surface area contributed by atoms with Gasteiger partial charge in [0, 0.05) is 16.7 Å². The molecule has 7 aromatic rings. The van der Waals surface area contributed by atoms with E-state index in [2.05, 4.69) is 46.3 Å². The van der Waals surface area contributed by atoms with E-state index in [1.165, 1.54) is 22.7 Å². The highest BCUT2D eigenvalue weighted by molar-refractivity contribution is 7.20. The Labute approximate surface area is 269 Å². The van der Waals surface area contributed by atoms with Crippen molar-refractivity contribution < 1.29 is 9.47 Å². The molecule has 0 atom stereocenters. The molecule has 4 aromatic heterocycles. The van der Waals surface area contributed by atoms with Crippen molar-refractivity contribution in [3.05, 3.63) is 94.0 Å². The number of hydrogen-bond donors (Lipinski definition) is 0. The van der Waals surface area contributed by atoms with Crippen LogP contribution in [0.5, 0.6) is 11.5 Å². The molecular weight excluding hydrogens is 639 g/mol. The second kappa shape index (κ2) is 11.4. The zero-order valence-electron chi connectivity index (χ0n) is 23.7. The predicted octanol–water partition coefficient (Wildman–Crippen LogP) is 7.78. The van der Waals surface area contributed by atoms with E-state index < -0.39 is 0 Å². The van der Waals surface area contributed by atoms with Gasteiger partial charge in [-0.15, -0.1) is 20.4 Å². The maximum Gasteiger partial charge on any atom is 0.235 e. The highest BCUT2D eigenvalue weighted by Crippen LogP contribution is 2.36. The maximum atomic E-state index is 6.39. The summed E-state index contributed by atoms with van der Waals surface area (Å²) in [5.41, 5.74) is 2.45. The first-order valence-corrected chi connectivity index (χ1v) is 16.0. The lowest BCUT2D eigenvalue weighted by molar-refractivity contribution is 0.277. The number of rotatable bonds is 8. The first kappa shape index (κ1) is 28.7. The molecule has 0 N–H and O–H groups in total. The third kappa shape index (κ3) is 5.50. The summed E-state index contributed by atoms with van der Waals surface area (Å²) in [7, 11) is 0. The van der Waals surface area contributed by atoms with Crippen LogP contribution in [0, 0.1) is 0 Å². The van der Waals surface area contributed by atoms with E-state index in [-0.39, 0.29) is 18.6 Å². The lowest BCUT2D eigenvalue weighted by Gasteiger charge is -2.23. The average molecular weight is 664 g/mol. The summed E-state index contributed by atoms with van der Waals surface area (Å²) in [5, 5.41) is 29.3. The number of fused-ring (bicyclic) bond motifs is 2. The van der Waals surface area contributed by atoms with Gasteiger partial charge in [-0.05, 0) is 35.7 Å². The topological polar surface area (TPSA) is 105 Å². The van der Waals surface area contributed by atoms with Crippen molar-refractivity contribution in [1.29, 1.82) is 0 Å². The molecule has 0 fully saturated rings. The zero-order valence-corrected chi connectivity index (χ0v) is 26.9. The predicted molar refractivity (Wildman–Crippen MR) is 172 cm³/mol. The fourth-order valence-corrected chi connectivity index (χ4v) is 6.94. The van der Waals surface area contributed by atoms with Gasteiger partial charge in [-0.2, -0.15) is 19.2 Å². The van der Waals surface area contributed by atoms with Gasteiger partial charge in [0.15, 0.2) is 11.6 Å². The second-order valence-electron chi connectivity index (χ2n) is 10.9. The van der Waals surface area contributed by atoms with Gasteiger partial charge in [-0.3, -0.25) is 0 Å². The molecule has 0 aliphatic heterocycles. The first-order chi connectivity index (χ1) is 21.2. The summed E-state index contributed by atoms with van der Waals surface area (Å²) in [6.07, 6.45) is 0. The highest BCUT2D eigenvalue weighted by atomic mass is 35.5. The van der Waals surface area contributed by atoms with Crippen LogP contribution in [0.3, 0.4) is 0 Å². The van der Waals surface area contributed by atoms with E-state index in [9.17, 15) is 0 Å². The first-order valence-electron chi connectivity index (χ1n) is 13.6. The minimum Gasteiger partial charge on any atom is -0.486 e. The van der Waals surface area contributed by atoms with Crippen LogP contribution in [-0.4, -0.2) is 39.6 Å². The maximum absolute atomic E-state index is 6.39. The summed E-state index contributed by atoms with van der Waals surface area (Å²) in [6.45, 7) is 6.74. The standard InChI is InChI=1S/C30H24Cl2N8O2S2/c1-30(2,3)20-14-17(41-15-24-33-35-28-39(24)37-26(43-28)18-8-4-6-10-21(18)31)12-13-23(20)42-16-25-34-36-29-40(25)38-27(44-29)19-9-5-7-11-22(19)32/h4-14H,15-16H2,1-3H3. The Morgan fingerprint density at radius 1 is 0.682 bits per heavy atom. The molecule has 4 heterocycles. The van der Waals surface area contributed by atoms with Crippen LogP contribution in [0.15, 0.2) is 66.7 Å². The summed E-state index contributed by atoms with van der Waals surface area (Å²) in [6, 6.07) is 21.0. The molecule has 0 aliphatic rings. The van der Waals surface area contributed by atoms with Crippen molar-refractivity contribution in [1.82, 2.24) is 39.6 Å². The van der Waals surface area contributed by atoms with Crippen LogP contribution in [-0.2, 0) is 18.6 Å². The van der Waals surface area contributed by atoms with Gasteiger partial charge in [-0.1, -0.05) is 103 Å². The molecule has 0 saturated heterocycles. The highest BCUT2D eigenvalue weighted by Gasteiger charge is 2.22. The smallest absolute Gasteiger partial charge is 0.235 e. The van der Waals surface area contributed by atoms with E-state index >= 15 is 0 Å². The number of nitrogens with zero attached hydrogens (tertiary/aromatic N) is 8. The molecule has 0 unspecified atom stereocenters. The van der Waals surface area contributed by atoms with Crippen LogP contribution < -0.4 is 9.47 Å². The SMILES string of the molecule is CC(C)(C)c1cc(OCc2nnc3sc(-c4ccccc4Cl)nn23)ccc1OCc1nnc2sc(-c3ccccc3Cl)nn12. The van der Waals surface area contributed by atoms with E-state index in [1.807, 2.05) is 66.7 Å². The quantitative estimate of drug-likeness (QED) is 0.162. The van der Waals surface area contributed by atoms with Crippen molar-refractivity contribution in [2.24, 2.45) is 0 Å². The molecule has 0 spiro atoms. The number of benzene rings is 3. The van der Waals surface area contributed by atoms with E-state index in [1.54, 1.807) is 9.03 Å². The Morgan fingerprint density at radius 2 is 1.20 bits per heavy atom. The van der Waals surface area contributed by atoms with Gasteiger partial charge in [0.1, 0.15) is 34.7 Å². The van der Waals surface area contributed by atoms with Crippen molar-refractivity contribution >= 4 is 55.8 Å². The summed E-state index contributed by atoms with van der Waals surface area (Å²) < 4.78 is 15.8. The molecule has 7 rings (SSSR count). The molecule has 3 aromatic carbocycles. The van der Waals surface area contributed by atoms with Crippen LogP contribution in [0.2, 0.25) is 10.0 Å². The van der Waals surface area contributed by atoms with Crippen molar-refractivity contribution in [2.75, 3.05) is 0 Å². The van der Waals surface area contributed by atoms with Gasteiger partial charge in [0.25, 0.3) is 0 Å². The molecule has 14 heteroatoms. The third-order valence-electron chi connectivity index (χ3n) is 6.80. The lowest BCUT2D eigenvalue weighted by atomic mass is 9.86. The largest absolute Gasteiger partial charge is 0.486 e. The summed E-state index contributed by atoms with van der Waals surface area (Å²) in [4.78, 5) is 1.33. The van der Waals surface area contributed by atoms with Crippen molar-refractivity contribution in [3.8, 4) is 32.6 Å². The fourth-order valence-electron chi connectivity index (χ4n) is 4.58. The summed E-state index contributed by atoms with van der Waals surface area (Å²) in [5.74, 6) is 2.57. The number of aromatic nitrogens is 8. The Morgan fingerprint density at radius 3 is 1.73 bits per heavy atom. The number of halogens is 2. The molecule has 0 aliphatic carbocycles. The van der Waals surface area contributed by atoms with Gasteiger partial charge >= 0.3 is 0 Å². The van der Waals surface area contributed by atoms with Crippen molar-refractivity contribution in [3.63, 3.8) is 0 Å². The Balaban J connectivity index is 1.09. The molecule has 0 radical (unpaired) electrons. The minimum absolute atomic E-state index is 0.186. The molecule has 222 valence electrons. The van der Waals surface area contributed by atoms with Gasteiger partial charge < -0.3 is 9.47 Å². The molecule has 44 heavy (non-hydrogen) atoms. The van der Waals surface area contributed by atoms with Crippen LogP contribution >= 0.6 is 45.9 Å².